The molecular weight excluding hydrogens is 618 g/mol. The number of hydrogen-bond acceptors (Lipinski definition) is 10. The Morgan fingerprint density at radius 3 is 2.41 bits per heavy atom. The molecule has 5 N–H and O–H groups in total. The smallest absolute Gasteiger partial charge is 0.330 e. The number of primary amides is 1. The van der Waals surface area contributed by atoms with E-state index in [0.29, 0.717) is 24.1 Å². The summed E-state index contributed by atoms with van der Waals surface area (Å²) in [4.78, 5) is 90.9. The summed E-state index contributed by atoms with van der Waals surface area (Å²) in [6.45, 7) is 5.88. The molecule has 0 aliphatic carbocycles. The zero-order valence-corrected chi connectivity index (χ0v) is 27.6. The summed E-state index contributed by atoms with van der Waals surface area (Å²) in [5, 5.41) is 9.74. The second-order valence-corrected chi connectivity index (χ2v) is 12.2. The highest BCUT2D eigenvalue weighted by Crippen LogP contribution is 2.21. The van der Waals surface area contributed by atoms with Crippen molar-refractivity contribution in [2.45, 2.75) is 89.9 Å². The fraction of sp³-hybridized carbons (Fsp3) is 0.581. The maximum absolute atomic E-state index is 13.8. The Balaban J connectivity index is 2.25. The first-order valence-corrected chi connectivity index (χ1v) is 16.2. The monoisotopic (exact) mass is 663 g/mol. The van der Waals surface area contributed by atoms with Gasteiger partial charge in [0, 0.05) is 19.0 Å². The van der Waals surface area contributed by atoms with E-state index < -0.39 is 65.6 Å². The molecule has 1 aromatic rings. The molecule has 1 fully saturated rings. The SMILES string of the molecule is CCOC(=O)C=CCC[C@H](NC(=O)c1cccs1)C(=O)N[C@@H](CCC(N)=O)C(=O)N1CCC[C@H]1C(=O)N[C@@H](CC(C)C)C(=O)OC. The van der Waals surface area contributed by atoms with Crippen LogP contribution in [0.4, 0.5) is 0 Å². The lowest BCUT2D eigenvalue weighted by Gasteiger charge is -2.30. The van der Waals surface area contributed by atoms with Gasteiger partial charge in [0.1, 0.15) is 24.2 Å². The Bertz CT molecular complexity index is 1250. The van der Waals surface area contributed by atoms with Gasteiger partial charge in [0.2, 0.25) is 23.6 Å². The molecule has 1 saturated heterocycles. The van der Waals surface area contributed by atoms with Gasteiger partial charge in [0.25, 0.3) is 5.91 Å². The number of hydrogen-bond donors (Lipinski definition) is 4. The third-order valence-corrected chi connectivity index (χ3v) is 8.04. The van der Waals surface area contributed by atoms with Gasteiger partial charge in [-0.15, -0.1) is 11.3 Å². The summed E-state index contributed by atoms with van der Waals surface area (Å²) >= 11 is 1.18. The minimum Gasteiger partial charge on any atom is -0.467 e. The molecule has 0 unspecified atom stereocenters. The van der Waals surface area contributed by atoms with Crippen molar-refractivity contribution in [3.05, 3.63) is 34.5 Å². The number of allylic oxidation sites excluding steroid dienone is 1. The van der Waals surface area contributed by atoms with E-state index in [9.17, 15) is 33.6 Å². The van der Waals surface area contributed by atoms with Gasteiger partial charge < -0.3 is 36.1 Å². The molecule has 15 heteroatoms. The van der Waals surface area contributed by atoms with Crippen LogP contribution >= 0.6 is 11.3 Å². The molecule has 254 valence electrons. The number of rotatable bonds is 18. The van der Waals surface area contributed by atoms with Crippen LogP contribution in [0.3, 0.4) is 0 Å². The molecule has 0 bridgehead atoms. The normalized spacial score (nSPS) is 16.4. The molecule has 1 aliphatic heterocycles. The summed E-state index contributed by atoms with van der Waals surface area (Å²) < 4.78 is 9.70. The first kappa shape index (κ1) is 37.9. The molecule has 0 radical (unpaired) electrons. The van der Waals surface area contributed by atoms with E-state index in [2.05, 4.69) is 16.0 Å². The minimum atomic E-state index is -1.24. The molecule has 4 atom stereocenters. The van der Waals surface area contributed by atoms with Gasteiger partial charge in [-0.2, -0.15) is 0 Å². The third kappa shape index (κ3) is 12.3. The molecule has 1 aliphatic rings. The largest absolute Gasteiger partial charge is 0.467 e. The predicted octanol–water partition coefficient (Wildman–Crippen LogP) is 1.19. The van der Waals surface area contributed by atoms with Crippen LogP contribution in [0.15, 0.2) is 29.7 Å². The number of esters is 2. The number of nitrogens with zero attached hydrogens (tertiary/aromatic N) is 1. The Morgan fingerprint density at radius 1 is 1.07 bits per heavy atom. The summed E-state index contributed by atoms with van der Waals surface area (Å²) in [5.74, 6) is -4.08. The van der Waals surface area contributed by atoms with Crippen molar-refractivity contribution in [3.8, 4) is 0 Å². The summed E-state index contributed by atoms with van der Waals surface area (Å²) in [6.07, 6.45) is 3.83. The van der Waals surface area contributed by atoms with Gasteiger partial charge in [-0.25, -0.2) is 9.59 Å². The lowest BCUT2D eigenvalue weighted by atomic mass is 10.0. The van der Waals surface area contributed by atoms with Crippen molar-refractivity contribution >= 4 is 52.8 Å². The van der Waals surface area contributed by atoms with Crippen LogP contribution in [0, 0.1) is 5.92 Å². The first-order chi connectivity index (χ1) is 21.9. The quantitative estimate of drug-likeness (QED) is 0.131. The van der Waals surface area contributed by atoms with Gasteiger partial charge >= 0.3 is 11.9 Å². The second kappa shape index (κ2) is 19.3. The highest BCUT2D eigenvalue weighted by atomic mass is 32.1. The van der Waals surface area contributed by atoms with Crippen LogP contribution in [0.1, 0.15) is 75.4 Å². The van der Waals surface area contributed by atoms with Crippen molar-refractivity contribution in [3.63, 3.8) is 0 Å². The number of carbonyl (C=O) groups excluding carboxylic acids is 7. The van der Waals surface area contributed by atoms with E-state index in [4.69, 9.17) is 15.2 Å². The number of carbonyl (C=O) groups is 7. The standard InChI is InChI=1S/C31H45N5O9S/c1-5-45-26(38)13-7-6-10-20(33-29(41)24-12-9-17-46-24)27(39)34-21(14-15-25(32)37)30(42)36-16-8-11-23(36)28(40)35-22(18-19(2)3)31(43)44-4/h7,9,12-13,17,19-23H,5-6,8,10-11,14-16,18H2,1-4H3,(H2,32,37)(H,33,41)(H,34,39)(H,35,40)/t20-,21-,22-,23-/m0/s1. The molecule has 1 aromatic heterocycles. The molecule has 5 amide bonds. The summed E-state index contributed by atoms with van der Waals surface area (Å²) in [5.41, 5.74) is 5.36. The Hall–Kier alpha value is -4.27. The number of methoxy groups -OCH3 is 1. The summed E-state index contributed by atoms with van der Waals surface area (Å²) in [6, 6.07) is -0.877. The lowest BCUT2D eigenvalue weighted by molar-refractivity contribution is -0.147. The van der Waals surface area contributed by atoms with Crippen molar-refractivity contribution in [1.29, 1.82) is 0 Å². The number of nitrogens with one attached hydrogen (secondary N) is 3. The molecule has 0 spiro atoms. The number of nitrogens with two attached hydrogens (primary N) is 1. The molecule has 2 heterocycles. The fourth-order valence-corrected chi connectivity index (χ4v) is 5.58. The molecule has 46 heavy (non-hydrogen) atoms. The average Bonchev–Trinajstić information content (AvgIpc) is 3.72. The maximum atomic E-state index is 13.8. The van der Waals surface area contributed by atoms with Crippen molar-refractivity contribution in [2.24, 2.45) is 11.7 Å². The Labute approximate surface area is 272 Å². The van der Waals surface area contributed by atoms with Crippen LogP contribution in [0.2, 0.25) is 0 Å². The number of likely N-dealkylation sites (tertiary alicyclic amines) is 1. The van der Waals surface area contributed by atoms with Crippen LogP contribution in [0.25, 0.3) is 0 Å². The van der Waals surface area contributed by atoms with Crippen molar-refractivity contribution in [1.82, 2.24) is 20.9 Å². The van der Waals surface area contributed by atoms with E-state index >= 15 is 0 Å². The molecular formula is C31H45N5O9S. The number of amides is 5. The van der Waals surface area contributed by atoms with Crippen molar-refractivity contribution in [2.75, 3.05) is 20.3 Å². The molecule has 2 rings (SSSR count). The lowest BCUT2D eigenvalue weighted by Crippen LogP contribution is -2.57. The number of ether oxygens (including phenoxy) is 2. The van der Waals surface area contributed by atoms with Crippen LogP contribution < -0.4 is 21.7 Å². The van der Waals surface area contributed by atoms with Crippen molar-refractivity contribution < 1.29 is 43.0 Å². The third-order valence-electron chi connectivity index (χ3n) is 7.17. The van der Waals surface area contributed by atoms with E-state index in [0.717, 1.165) is 0 Å². The van der Waals surface area contributed by atoms with Gasteiger partial charge in [0.15, 0.2) is 0 Å². The zero-order chi connectivity index (χ0) is 34.2. The Kier molecular flexibility index (Phi) is 15.9. The number of thiophene rings is 1. The highest BCUT2D eigenvalue weighted by Gasteiger charge is 2.39. The minimum absolute atomic E-state index is 0.0769. The van der Waals surface area contributed by atoms with Gasteiger partial charge in [-0.05, 0) is 62.8 Å². The van der Waals surface area contributed by atoms with Gasteiger partial charge in [-0.3, -0.25) is 24.0 Å². The second-order valence-electron chi connectivity index (χ2n) is 11.2. The van der Waals surface area contributed by atoms with Crippen LogP contribution in [0.5, 0.6) is 0 Å². The first-order valence-electron chi connectivity index (χ1n) is 15.3. The van der Waals surface area contributed by atoms with E-state index in [1.807, 2.05) is 13.8 Å². The highest BCUT2D eigenvalue weighted by molar-refractivity contribution is 7.12. The summed E-state index contributed by atoms with van der Waals surface area (Å²) in [7, 11) is 1.23. The molecule has 0 aromatic carbocycles. The zero-order valence-electron chi connectivity index (χ0n) is 26.7. The van der Waals surface area contributed by atoms with Crippen LogP contribution in [-0.4, -0.2) is 90.8 Å². The predicted molar refractivity (Wildman–Crippen MR) is 169 cm³/mol. The average molecular weight is 664 g/mol. The molecule has 0 saturated carbocycles. The van der Waals surface area contributed by atoms with E-state index in [1.165, 1.54) is 35.5 Å². The maximum Gasteiger partial charge on any atom is 0.330 e. The topological polar surface area (TPSA) is 203 Å². The Morgan fingerprint density at radius 2 is 1.80 bits per heavy atom. The van der Waals surface area contributed by atoms with E-state index in [1.54, 1.807) is 24.4 Å². The molecule has 14 nitrogen and oxygen atoms in total. The van der Waals surface area contributed by atoms with Gasteiger partial charge in [-0.1, -0.05) is 26.0 Å². The van der Waals surface area contributed by atoms with E-state index in [-0.39, 0.29) is 44.8 Å². The van der Waals surface area contributed by atoms with Crippen LogP contribution in [-0.2, 0) is 38.2 Å². The van der Waals surface area contributed by atoms with Gasteiger partial charge in [0.05, 0.1) is 18.6 Å². The fourth-order valence-electron chi connectivity index (χ4n) is 4.95.